The number of aryl methyl sites for hydroxylation is 1. The molecule has 2 aromatic rings. The van der Waals surface area contributed by atoms with Gasteiger partial charge < -0.3 is 0 Å². The number of hydrogen-bond acceptors (Lipinski definition) is 1. The minimum Gasteiger partial charge on any atom is -0.126 e. The Kier molecular flexibility index (Phi) is 4.45. The zero-order valence-electron chi connectivity index (χ0n) is 9.80. The summed E-state index contributed by atoms with van der Waals surface area (Å²) in [5.74, 6) is 1.11. The molecule has 0 fully saturated rings. The maximum Gasteiger partial charge on any atom is 0.00720 e. The number of rotatable bonds is 5. The van der Waals surface area contributed by atoms with E-state index in [9.17, 15) is 0 Å². The van der Waals surface area contributed by atoms with Crippen molar-refractivity contribution in [3.05, 3.63) is 72.3 Å². The predicted octanol–water partition coefficient (Wildman–Crippen LogP) is 4.66. The summed E-state index contributed by atoms with van der Waals surface area (Å²) in [6.45, 7) is 3.85. The second kappa shape index (κ2) is 6.31. The van der Waals surface area contributed by atoms with Gasteiger partial charge in [-0.15, -0.1) is 11.8 Å². The monoisotopic (exact) mass is 240 g/mol. The lowest BCUT2D eigenvalue weighted by molar-refractivity contribution is 1.15. The predicted molar refractivity (Wildman–Crippen MR) is 77.4 cm³/mol. The third kappa shape index (κ3) is 3.50. The zero-order valence-corrected chi connectivity index (χ0v) is 10.6. The van der Waals surface area contributed by atoms with E-state index in [2.05, 4.69) is 61.2 Å². The van der Waals surface area contributed by atoms with Crippen molar-refractivity contribution in [2.24, 2.45) is 0 Å². The fraction of sp³-hybridized carbons (Fsp3) is 0.125. The van der Waals surface area contributed by atoms with Crippen LogP contribution < -0.4 is 0 Å². The van der Waals surface area contributed by atoms with Gasteiger partial charge in [0.2, 0.25) is 0 Å². The molecule has 0 aliphatic carbocycles. The summed E-state index contributed by atoms with van der Waals surface area (Å²) in [4.78, 5) is 1.34. The van der Waals surface area contributed by atoms with Gasteiger partial charge in [0.1, 0.15) is 0 Å². The smallest absolute Gasteiger partial charge is 0.00720 e. The second-order valence-corrected chi connectivity index (χ2v) is 4.98. The SMILES string of the molecule is C=Cc1ccccc1CCSc1ccccc1. The summed E-state index contributed by atoms with van der Waals surface area (Å²) in [7, 11) is 0. The van der Waals surface area contributed by atoms with E-state index in [1.54, 1.807) is 0 Å². The normalized spacial score (nSPS) is 10.1. The molecule has 86 valence electrons. The fourth-order valence-corrected chi connectivity index (χ4v) is 2.66. The van der Waals surface area contributed by atoms with E-state index in [4.69, 9.17) is 0 Å². The Hall–Kier alpha value is -1.47. The Morgan fingerprint density at radius 3 is 2.41 bits per heavy atom. The second-order valence-electron chi connectivity index (χ2n) is 3.81. The molecule has 0 atom stereocenters. The van der Waals surface area contributed by atoms with Gasteiger partial charge in [-0.2, -0.15) is 0 Å². The lowest BCUT2D eigenvalue weighted by Crippen LogP contribution is -1.91. The first-order valence-corrected chi connectivity index (χ1v) is 6.77. The van der Waals surface area contributed by atoms with Gasteiger partial charge in [-0.25, -0.2) is 0 Å². The van der Waals surface area contributed by atoms with Gasteiger partial charge in [-0.05, 0) is 29.7 Å². The topological polar surface area (TPSA) is 0 Å². The van der Waals surface area contributed by atoms with E-state index in [0.717, 1.165) is 12.2 Å². The van der Waals surface area contributed by atoms with Crippen LogP contribution in [0.15, 0.2) is 66.1 Å². The molecular weight excluding hydrogens is 224 g/mol. The van der Waals surface area contributed by atoms with Crippen LogP contribution in [0.3, 0.4) is 0 Å². The standard InChI is InChI=1S/C16H16S/c1-2-14-8-6-7-9-15(14)12-13-17-16-10-4-3-5-11-16/h2-11H,1,12-13H2. The van der Waals surface area contributed by atoms with Crippen LogP contribution in [0, 0.1) is 0 Å². The van der Waals surface area contributed by atoms with Crippen LogP contribution in [-0.2, 0) is 6.42 Å². The summed E-state index contributed by atoms with van der Waals surface area (Å²) in [5.41, 5.74) is 2.63. The molecule has 0 bridgehead atoms. The van der Waals surface area contributed by atoms with Crippen molar-refractivity contribution in [1.82, 2.24) is 0 Å². The number of thioether (sulfide) groups is 1. The molecule has 17 heavy (non-hydrogen) atoms. The van der Waals surface area contributed by atoms with Crippen LogP contribution in [0.1, 0.15) is 11.1 Å². The Bertz CT molecular complexity index is 474. The highest BCUT2D eigenvalue weighted by Gasteiger charge is 1.99. The first kappa shape index (κ1) is 12.0. The molecule has 0 saturated carbocycles. The van der Waals surface area contributed by atoms with Gasteiger partial charge in [0.25, 0.3) is 0 Å². The Labute approximate surface area is 107 Å². The molecule has 0 aliphatic rings. The Morgan fingerprint density at radius 2 is 1.65 bits per heavy atom. The van der Waals surface area contributed by atoms with Crippen LogP contribution in [0.5, 0.6) is 0 Å². The maximum absolute atomic E-state index is 3.85. The lowest BCUT2D eigenvalue weighted by atomic mass is 10.1. The molecule has 2 rings (SSSR count). The van der Waals surface area contributed by atoms with Crippen molar-refractivity contribution in [3.63, 3.8) is 0 Å². The molecule has 0 unspecified atom stereocenters. The highest BCUT2D eigenvalue weighted by molar-refractivity contribution is 7.99. The van der Waals surface area contributed by atoms with Crippen molar-refractivity contribution < 1.29 is 0 Å². The molecule has 0 N–H and O–H groups in total. The molecule has 1 heteroatoms. The Morgan fingerprint density at radius 1 is 0.941 bits per heavy atom. The van der Waals surface area contributed by atoms with E-state index < -0.39 is 0 Å². The lowest BCUT2D eigenvalue weighted by Gasteiger charge is -2.05. The van der Waals surface area contributed by atoms with Crippen molar-refractivity contribution in [2.75, 3.05) is 5.75 Å². The van der Waals surface area contributed by atoms with Crippen LogP contribution >= 0.6 is 11.8 Å². The minimum absolute atomic E-state index is 1.09. The van der Waals surface area contributed by atoms with Gasteiger partial charge in [-0.1, -0.05) is 55.1 Å². The Balaban J connectivity index is 1.92. The number of hydrogen-bond donors (Lipinski definition) is 0. The zero-order chi connectivity index (χ0) is 11.9. The average Bonchev–Trinajstić information content (AvgIpc) is 2.40. The van der Waals surface area contributed by atoms with E-state index in [-0.39, 0.29) is 0 Å². The van der Waals surface area contributed by atoms with Crippen molar-refractivity contribution in [2.45, 2.75) is 11.3 Å². The first-order valence-electron chi connectivity index (χ1n) is 5.78. The summed E-state index contributed by atoms with van der Waals surface area (Å²) in [6.07, 6.45) is 3.02. The molecule has 0 aromatic heterocycles. The van der Waals surface area contributed by atoms with Crippen molar-refractivity contribution in [3.8, 4) is 0 Å². The van der Waals surface area contributed by atoms with E-state index in [0.29, 0.717) is 0 Å². The first-order chi connectivity index (χ1) is 8.40. The average molecular weight is 240 g/mol. The van der Waals surface area contributed by atoms with Gasteiger partial charge >= 0.3 is 0 Å². The molecule has 2 aromatic carbocycles. The van der Waals surface area contributed by atoms with Gasteiger partial charge in [0.15, 0.2) is 0 Å². The van der Waals surface area contributed by atoms with Crippen LogP contribution in [0.4, 0.5) is 0 Å². The van der Waals surface area contributed by atoms with E-state index in [1.165, 1.54) is 16.0 Å². The van der Waals surface area contributed by atoms with Gasteiger partial charge in [0.05, 0.1) is 0 Å². The molecule has 0 nitrogen and oxygen atoms in total. The third-order valence-electron chi connectivity index (χ3n) is 2.66. The summed E-state index contributed by atoms with van der Waals surface area (Å²) in [6, 6.07) is 19.0. The molecule has 0 heterocycles. The van der Waals surface area contributed by atoms with Crippen molar-refractivity contribution >= 4 is 17.8 Å². The van der Waals surface area contributed by atoms with Crippen LogP contribution in [0.2, 0.25) is 0 Å². The fourth-order valence-electron chi connectivity index (χ4n) is 1.76. The maximum atomic E-state index is 3.85. The molecule has 0 saturated heterocycles. The molecular formula is C16H16S. The molecule has 0 amide bonds. The van der Waals surface area contributed by atoms with E-state index in [1.807, 2.05) is 17.8 Å². The molecule has 0 radical (unpaired) electrons. The summed E-state index contributed by atoms with van der Waals surface area (Å²) in [5, 5.41) is 0. The van der Waals surface area contributed by atoms with Crippen LogP contribution in [0.25, 0.3) is 6.08 Å². The highest BCUT2D eigenvalue weighted by Crippen LogP contribution is 2.20. The highest BCUT2D eigenvalue weighted by atomic mass is 32.2. The van der Waals surface area contributed by atoms with Crippen LogP contribution in [-0.4, -0.2) is 5.75 Å². The molecule has 0 spiro atoms. The quantitative estimate of drug-likeness (QED) is 0.685. The van der Waals surface area contributed by atoms with Gasteiger partial charge in [-0.3, -0.25) is 0 Å². The minimum atomic E-state index is 1.09. The van der Waals surface area contributed by atoms with Gasteiger partial charge in [0, 0.05) is 10.6 Å². The largest absolute Gasteiger partial charge is 0.126 e. The third-order valence-corrected chi connectivity index (χ3v) is 3.67. The summed E-state index contributed by atoms with van der Waals surface area (Å²) >= 11 is 1.90. The summed E-state index contributed by atoms with van der Waals surface area (Å²) < 4.78 is 0. The van der Waals surface area contributed by atoms with E-state index >= 15 is 0 Å². The molecule has 0 aliphatic heterocycles. The van der Waals surface area contributed by atoms with Crippen molar-refractivity contribution in [1.29, 1.82) is 0 Å². The number of benzene rings is 2.